The van der Waals surface area contributed by atoms with Crippen LogP contribution in [0, 0.1) is 5.92 Å². The lowest BCUT2D eigenvalue weighted by Gasteiger charge is -2.23. The molecule has 0 saturated carbocycles. The summed E-state index contributed by atoms with van der Waals surface area (Å²) in [5.74, 6) is -3.35. The molecule has 3 aromatic carbocycles. The minimum absolute atomic E-state index is 0.00958. The van der Waals surface area contributed by atoms with Crippen LogP contribution in [0.25, 0.3) is 0 Å². The van der Waals surface area contributed by atoms with E-state index < -0.39 is 72.5 Å². The maximum Gasteiger partial charge on any atom is 0.408 e. The molecule has 14 nitrogen and oxygen atoms in total. The molecule has 0 fully saturated rings. The lowest BCUT2D eigenvalue weighted by Crippen LogP contribution is -2.54. The van der Waals surface area contributed by atoms with Gasteiger partial charge < -0.3 is 41.2 Å². The summed E-state index contributed by atoms with van der Waals surface area (Å²) in [5, 5.41) is 22.1. The summed E-state index contributed by atoms with van der Waals surface area (Å²) in [4.78, 5) is 76.4. The van der Waals surface area contributed by atoms with Gasteiger partial charge in [-0.1, -0.05) is 86.6 Å². The third-order valence-corrected chi connectivity index (χ3v) is 7.74. The minimum Gasteiger partial charge on any atom is -0.489 e. The maximum absolute atomic E-state index is 13.3. The van der Waals surface area contributed by atoms with Gasteiger partial charge in [0.05, 0.1) is 13.1 Å². The molecule has 14 heteroatoms. The van der Waals surface area contributed by atoms with Crippen molar-refractivity contribution in [1.82, 2.24) is 26.6 Å². The molecule has 3 aromatic rings. The standard InChI is InChI=1S/C40H51N5O9/c1-26(2)20-33(38(50)51)44-37(49)32(21-27-12-8-6-9-13-27)43-35(47)24-41-34(46)23-42-36(48)31(45-39(52)54-40(3,4)5)22-28-16-18-30(19-17-28)53-25-29-14-10-7-11-15-29/h6-19,26,31-33H,20-25H2,1-5H3,(H,41,46)(H,42,48)(H,43,47)(H,44,49)(H,45,52)(H,50,51)/t31-,32-,33-/m0/s1. The zero-order valence-corrected chi connectivity index (χ0v) is 31.3. The number of hydrogen-bond donors (Lipinski definition) is 6. The van der Waals surface area contributed by atoms with E-state index in [1.165, 1.54) is 0 Å². The smallest absolute Gasteiger partial charge is 0.408 e. The molecule has 0 radical (unpaired) electrons. The first-order chi connectivity index (χ1) is 25.6. The lowest BCUT2D eigenvalue weighted by atomic mass is 10.0. The summed E-state index contributed by atoms with van der Waals surface area (Å²) in [6, 6.07) is 22.2. The number of benzene rings is 3. The van der Waals surface area contributed by atoms with Gasteiger partial charge in [0.1, 0.15) is 36.1 Å². The molecule has 290 valence electrons. The number of nitrogens with one attached hydrogen (secondary N) is 5. The van der Waals surface area contributed by atoms with Gasteiger partial charge in [0.2, 0.25) is 23.6 Å². The second-order valence-corrected chi connectivity index (χ2v) is 14.2. The highest BCUT2D eigenvalue weighted by molar-refractivity contribution is 5.93. The number of amides is 5. The van der Waals surface area contributed by atoms with Crippen molar-refractivity contribution < 1.29 is 43.3 Å². The fourth-order valence-corrected chi connectivity index (χ4v) is 5.16. The van der Waals surface area contributed by atoms with E-state index in [2.05, 4.69) is 26.6 Å². The normalized spacial score (nSPS) is 12.7. The SMILES string of the molecule is CC(C)C[C@H](NC(=O)[C@H](Cc1ccccc1)NC(=O)CNC(=O)CNC(=O)[C@H](Cc1ccc(OCc2ccccc2)cc1)NC(=O)OC(C)(C)C)C(=O)O. The van der Waals surface area contributed by atoms with Crippen molar-refractivity contribution in [2.75, 3.05) is 13.1 Å². The molecule has 54 heavy (non-hydrogen) atoms. The molecule has 6 N–H and O–H groups in total. The summed E-state index contributed by atoms with van der Waals surface area (Å²) in [7, 11) is 0. The van der Waals surface area contributed by atoms with E-state index >= 15 is 0 Å². The van der Waals surface area contributed by atoms with Gasteiger partial charge in [0, 0.05) is 12.8 Å². The average molecular weight is 746 g/mol. The van der Waals surface area contributed by atoms with Crippen LogP contribution < -0.4 is 31.3 Å². The van der Waals surface area contributed by atoms with Crippen molar-refractivity contribution in [3.63, 3.8) is 0 Å². The zero-order valence-electron chi connectivity index (χ0n) is 31.3. The van der Waals surface area contributed by atoms with Gasteiger partial charge in [0.15, 0.2) is 0 Å². The summed E-state index contributed by atoms with van der Waals surface area (Å²) in [6.07, 6.45) is -0.482. The molecule has 0 spiro atoms. The number of carbonyl (C=O) groups is 6. The van der Waals surface area contributed by atoms with Crippen LogP contribution in [0.3, 0.4) is 0 Å². The lowest BCUT2D eigenvalue weighted by molar-refractivity contribution is -0.142. The van der Waals surface area contributed by atoms with Crippen LogP contribution in [0.2, 0.25) is 0 Å². The molecule has 3 atom stereocenters. The molecule has 0 aliphatic rings. The number of carbonyl (C=O) groups excluding carboxylic acids is 5. The number of carboxylic acid groups (broad SMARTS) is 1. The zero-order chi connectivity index (χ0) is 39.7. The number of rotatable bonds is 19. The molecule has 0 heterocycles. The fourth-order valence-electron chi connectivity index (χ4n) is 5.16. The Morgan fingerprint density at radius 3 is 1.72 bits per heavy atom. The van der Waals surface area contributed by atoms with Gasteiger partial charge in [0.25, 0.3) is 0 Å². The first kappa shape index (κ1) is 42.5. The molecule has 0 unspecified atom stereocenters. The van der Waals surface area contributed by atoms with Crippen LogP contribution in [0.1, 0.15) is 57.7 Å². The number of hydrogen-bond acceptors (Lipinski definition) is 8. The summed E-state index contributed by atoms with van der Waals surface area (Å²) >= 11 is 0. The van der Waals surface area contributed by atoms with Crippen molar-refractivity contribution in [3.05, 3.63) is 102 Å². The molecule has 0 aliphatic carbocycles. The molecule has 0 aliphatic heterocycles. The Labute approximate surface area is 315 Å². The Kier molecular flexibility index (Phi) is 16.5. The van der Waals surface area contributed by atoms with Crippen LogP contribution in [0.5, 0.6) is 5.75 Å². The third kappa shape index (κ3) is 16.2. The predicted octanol–water partition coefficient (Wildman–Crippen LogP) is 3.28. The molecule has 0 saturated heterocycles. The van der Waals surface area contributed by atoms with Crippen molar-refractivity contribution in [1.29, 1.82) is 0 Å². The van der Waals surface area contributed by atoms with Crippen LogP contribution in [0.4, 0.5) is 4.79 Å². The average Bonchev–Trinajstić information content (AvgIpc) is 3.11. The van der Waals surface area contributed by atoms with Crippen molar-refractivity contribution >= 4 is 35.7 Å². The Bertz CT molecular complexity index is 1690. The topological polar surface area (TPSA) is 201 Å². The molecule has 0 bridgehead atoms. The molecular weight excluding hydrogens is 694 g/mol. The van der Waals surface area contributed by atoms with E-state index in [1.54, 1.807) is 75.4 Å². The highest BCUT2D eigenvalue weighted by Crippen LogP contribution is 2.16. The van der Waals surface area contributed by atoms with Gasteiger partial charge in [-0.05, 0) is 61.9 Å². The van der Waals surface area contributed by atoms with E-state index in [1.807, 2.05) is 44.2 Å². The summed E-state index contributed by atoms with van der Waals surface area (Å²) in [5.41, 5.74) is 1.61. The Balaban J connectivity index is 1.58. The number of aliphatic carboxylic acids is 1. The van der Waals surface area contributed by atoms with Gasteiger partial charge >= 0.3 is 12.1 Å². The molecule has 3 rings (SSSR count). The summed E-state index contributed by atoms with van der Waals surface area (Å²) < 4.78 is 11.2. The van der Waals surface area contributed by atoms with E-state index in [9.17, 15) is 33.9 Å². The van der Waals surface area contributed by atoms with E-state index in [4.69, 9.17) is 9.47 Å². The second-order valence-electron chi connectivity index (χ2n) is 14.2. The van der Waals surface area contributed by atoms with Gasteiger partial charge in [-0.2, -0.15) is 0 Å². The number of ether oxygens (including phenoxy) is 2. The van der Waals surface area contributed by atoms with E-state index in [0.29, 0.717) is 17.9 Å². The Hall–Kier alpha value is -5.92. The Morgan fingerprint density at radius 2 is 1.17 bits per heavy atom. The maximum atomic E-state index is 13.3. The Morgan fingerprint density at radius 1 is 0.630 bits per heavy atom. The van der Waals surface area contributed by atoms with E-state index in [-0.39, 0.29) is 25.2 Å². The summed E-state index contributed by atoms with van der Waals surface area (Å²) in [6.45, 7) is 8.05. The van der Waals surface area contributed by atoms with Crippen LogP contribution in [0.15, 0.2) is 84.9 Å². The monoisotopic (exact) mass is 745 g/mol. The van der Waals surface area contributed by atoms with Crippen molar-refractivity contribution in [2.24, 2.45) is 5.92 Å². The third-order valence-electron chi connectivity index (χ3n) is 7.74. The highest BCUT2D eigenvalue weighted by atomic mass is 16.6. The quantitative estimate of drug-likeness (QED) is 0.107. The fraction of sp³-hybridized carbons (Fsp3) is 0.400. The highest BCUT2D eigenvalue weighted by Gasteiger charge is 2.28. The molecule has 5 amide bonds. The second kappa shape index (κ2) is 20.9. The largest absolute Gasteiger partial charge is 0.489 e. The van der Waals surface area contributed by atoms with Gasteiger partial charge in [-0.25, -0.2) is 9.59 Å². The first-order valence-electron chi connectivity index (χ1n) is 17.7. The predicted molar refractivity (Wildman–Crippen MR) is 201 cm³/mol. The van der Waals surface area contributed by atoms with Crippen molar-refractivity contribution in [2.45, 2.75) is 84.2 Å². The van der Waals surface area contributed by atoms with Crippen LogP contribution >= 0.6 is 0 Å². The van der Waals surface area contributed by atoms with Crippen LogP contribution in [-0.2, 0) is 48.2 Å². The first-order valence-corrected chi connectivity index (χ1v) is 17.7. The van der Waals surface area contributed by atoms with Gasteiger partial charge in [-0.3, -0.25) is 19.2 Å². The van der Waals surface area contributed by atoms with Gasteiger partial charge in [-0.15, -0.1) is 0 Å². The minimum atomic E-state index is -1.19. The van der Waals surface area contributed by atoms with Crippen LogP contribution in [-0.4, -0.2) is 77.6 Å². The van der Waals surface area contributed by atoms with Crippen molar-refractivity contribution in [3.8, 4) is 5.75 Å². The molecular formula is C40H51N5O9. The van der Waals surface area contributed by atoms with E-state index in [0.717, 1.165) is 11.1 Å². The number of carboxylic acids is 1. The molecule has 0 aromatic heterocycles. The number of alkyl carbamates (subject to hydrolysis) is 1.